The molecule has 1 aromatic carbocycles. The lowest BCUT2D eigenvalue weighted by Gasteiger charge is -2.15. The lowest BCUT2D eigenvalue weighted by molar-refractivity contribution is -0.141. The molecule has 1 amide bonds. The van der Waals surface area contributed by atoms with Crippen LogP contribution >= 0.6 is 0 Å². The first-order valence-corrected chi connectivity index (χ1v) is 7.57. The van der Waals surface area contributed by atoms with E-state index in [0.29, 0.717) is 17.0 Å². The Hall–Kier alpha value is -3.49. The summed E-state index contributed by atoms with van der Waals surface area (Å²) >= 11 is 0. The van der Waals surface area contributed by atoms with E-state index in [1.165, 1.54) is 12.7 Å². The smallest absolute Gasteiger partial charge is 0.326 e. The summed E-state index contributed by atoms with van der Waals surface area (Å²) < 4.78 is 0. The van der Waals surface area contributed by atoms with Gasteiger partial charge in [0.15, 0.2) is 11.5 Å². The molecule has 0 unspecified atom stereocenters. The second-order valence-electron chi connectivity index (χ2n) is 5.33. The zero-order chi connectivity index (χ0) is 17.6. The van der Waals surface area contributed by atoms with E-state index in [2.05, 4.69) is 30.6 Å². The summed E-state index contributed by atoms with van der Waals surface area (Å²) in [5.41, 5.74) is 1.89. The average Bonchev–Trinajstić information content (AvgIpc) is 3.09. The molecule has 0 aliphatic heterocycles. The molecule has 0 fully saturated rings. The van der Waals surface area contributed by atoms with Gasteiger partial charge in [0.2, 0.25) is 5.91 Å². The van der Waals surface area contributed by atoms with Crippen molar-refractivity contribution in [2.45, 2.75) is 12.5 Å². The van der Waals surface area contributed by atoms with E-state index in [-0.39, 0.29) is 13.0 Å². The van der Waals surface area contributed by atoms with Gasteiger partial charge in [-0.1, -0.05) is 30.3 Å². The van der Waals surface area contributed by atoms with E-state index < -0.39 is 17.9 Å². The van der Waals surface area contributed by atoms with Crippen LogP contribution in [-0.2, 0) is 16.0 Å². The standard InChI is InChI=1S/C16H16N6O3/c23-12(7-17-14-13-15(19-8-18-13)21-9-20-14)22-11(16(24)25)6-10-4-2-1-3-5-10/h1-5,8-9,11H,6-7H2,(H,22,23)(H,24,25)(H2,17,18,19,20,21)/t11-/m0/s1. The van der Waals surface area contributed by atoms with Crippen molar-refractivity contribution in [2.24, 2.45) is 0 Å². The van der Waals surface area contributed by atoms with E-state index >= 15 is 0 Å². The number of H-pyrrole nitrogens is 1. The van der Waals surface area contributed by atoms with Gasteiger partial charge in [-0.3, -0.25) is 4.79 Å². The molecule has 1 atom stereocenters. The average molecular weight is 340 g/mol. The van der Waals surface area contributed by atoms with Gasteiger partial charge in [-0.25, -0.2) is 19.7 Å². The minimum atomic E-state index is -1.09. The number of benzene rings is 1. The van der Waals surface area contributed by atoms with Gasteiger partial charge in [-0.05, 0) is 5.56 Å². The Balaban J connectivity index is 1.60. The molecular weight excluding hydrogens is 324 g/mol. The number of aliphatic carboxylic acids is 1. The third-order valence-corrected chi connectivity index (χ3v) is 3.56. The van der Waals surface area contributed by atoms with Crippen molar-refractivity contribution in [3.8, 4) is 0 Å². The largest absolute Gasteiger partial charge is 0.480 e. The van der Waals surface area contributed by atoms with Crippen molar-refractivity contribution in [1.29, 1.82) is 0 Å². The van der Waals surface area contributed by atoms with Gasteiger partial charge < -0.3 is 20.7 Å². The maximum atomic E-state index is 12.1. The van der Waals surface area contributed by atoms with Crippen LogP contribution in [0.4, 0.5) is 5.82 Å². The van der Waals surface area contributed by atoms with Gasteiger partial charge in [0.25, 0.3) is 0 Å². The topological polar surface area (TPSA) is 133 Å². The molecule has 0 spiro atoms. The first-order valence-electron chi connectivity index (χ1n) is 7.57. The van der Waals surface area contributed by atoms with Crippen molar-refractivity contribution >= 4 is 28.9 Å². The van der Waals surface area contributed by atoms with Crippen molar-refractivity contribution in [3.05, 3.63) is 48.5 Å². The number of rotatable bonds is 7. The summed E-state index contributed by atoms with van der Waals surface area (Å²) in [6.45, 7) is -0.121. The van der Waals surface area contributed by atoms with Crippen molar-refractivity contribution in [3.63, 3.8) is 0 Å². The summed E-state index contributed by atoms with van der Waals surface area (Å²) in [6.07, 6.45) is 3.02. The van der Waals surface area contributed by atoms with Crippen molar-refractivity contribution in [1.82, 2.24) is 25.3 Å². The number of carboxylic acid groups (broad SMARTS) is 1. The van der Waals surface area contributed by atoms with Crippen LogP contribution in [0.2, 0.25) is 0 Å². The van der Waals surface area contributed by atoms with E-state index in [9.17, 15) is 14.7 Å². The Morgan fingerprint density at radius 1 is 1.16 bits per heavy atom. The molecular formula is C16H16N6O3. The number of aromatic amines is 1. The van der Waals surface area contributed by atoms with Crippen LogP contribution in [-0.4, -0.2) is 49.5 Å². The minimum Gasteiger partial charge on any atom is -0.480 e. The Morgan fingerprint density at radius 2 is 1.96 bits per heavy atom. The number of imidazole rings is 1. The summed E-state index contributed by atoms with van der Waals surface area (Å²) in [6, 6.07) is 8.12. The van der Waals surface area contributed by atoms with E-state index in [1.54, 1.807) is 0 Å². The highest BCUT2D eigenvalue weighted by Gasteiger charge is 2.20. The molecule has 0 bridgehead atoms. The van der Waals surface area contributed by atoms with Gasteiger partial charge in [0.1, 0.15) is 17.9 Å². The predicted molar refractivity (Wildman–Crippen MR) is 89.9 cm³/mol. The molecule has 3 aromatic rings. The number of carbonyl (C=O) groups is 2. The Morgan fingerprint density at radius 3 is 2.72 bits per heavy atom. The van der Waals surface area contributed by atoms with Gasteiger partial charge in [0.05, 0.1) is 12.9 Å². The Kier molecular flexibility index (Phi) is 4.84. The van der Waals surface area contributed by atoms with E-state index in [4.69, 9.17) is 0 Å². The molecule has 0 aliphatic rings. The number of nitrogens with one attached hydrogen (secondary N) is 3. The monoisotopic (exact) mass is 340 g/mol. The number of anilines is 1. The molecule has 0 saturated heterocycles. The van der Waals surface area contributed by atoms with E-state index in [0.717, 1.165) is 5.56 Å². The lowest BCUT2D eigenvalue weighted by atomic mass is 10.1. The first kappa shape index (κ1) is 16.4. The summed E-state index contributed by atoms with van der Waals surface area (Å²) in [5, 5.41) is 14.7. The van der Waals surface area contributed by atoms with Crippen LogP contribution in [0.1, 0.15) is 5.56 Å². The molecule has 0 aliphatic carbocycles. The Labute approximate surface area is 142 Å². The number of nitrogens with zero attached hydrogens (tertiary/aromatic N) is 3. The third-order valence-electron chi connectivity index (χ3n) is 3.56. The van der Waals surface area contributed by atoms with E-state index in [1.807, 2.05) is 30.3 Å². The van der Waals surface area contributed by atoms with Crippen LogP contribution < -0.4 is 10.6 Å². The quantitative estimate of drug-likeness (QED) is 0.494. The number of aromatic nitrogens is 4. The van der Waals surface area contributed by atoms with Gasteiger partial charge in [-0.15, -0.1) is 0 Å². The number of hydrogen-bond donors (Lipinski definition) is 4. The maximum absolute atomic E-state index is 12.1. The molecule has 0 radical (unpaired) electrons. The fourth-order valence-electron chi connectivity index (χ4n) is 2.36. The predicted octanol–water partition coefficient (Wildman–Crippen LogP) is 0.577. The minimum absolute atomic E-state index is 0.121. The first-order chi connectivity index (χ1) is 12.1. The van der Waals surface area contributed by atoms with Gasteiger partial charge >= 0.3 is 5.97 Å². The molecule has 2 aromatic heterocycles. The summed E-state index contributed by atoms with van der Waals surface area (Å²) in [4.78, 5) is 38.4. The second-order valence-corrected chi connectivity index (χ2v) is 5.33. The third kappa shape index (κ3) is 4.08. The van der Waals surface area contributed by atoms with Crippen LogP contribution in [0.25, 0.3) is 11.2 Å². The van der Waals surface area contributed by atoms with Crippen LogP contribution in [0.5, 0.6) is 0 Å². The lowest BCUT2D eigenvalue weighted by Crippen LogP contribution is -2.44. The van der Waals surface area contributed by atoms with Crippen molar-refractivity contribution < 1.29 is 14.7 Å². The zero-order valence-electron chi connectivity index (χ0n) is 13.1. The van der Waals surface area contributed by atoms with Gasteiger partial charge in [-0.2, -0.15) is 0 Å². The zero-order valence-corrected chi connectivity index (χ0v) is 13.1. The number of fused-ring (bicyclic) bond motifs is 1. The van der Waals surface area contributed by atoms with Crippen molar-refractivity contribution in [2.75, 3.05) is 11.9 Å². The maximum Gasteiger partial charge on any atom is 0.326 e. The molecule has 2 heterocycles. The number of amides is 1. The highest BCUT2D eigenvalue weighted by molar-refractivity contribution is 5.88. The molecule has 9 heteroatoms. The Bertz CT molecular complexity index is 880. The molecule has 4 N–H and O–H groups in total. The summed E-state index contributed by atoms with van der Waals surface area (Å²) in [5.74, 6) is -1.11. The molecule has 9 nitrogen and oxygen atoms in total. The van der Waals surface area contributed by atoms with Crippen LogP contribution in [0.15, 0.2) is 43.0 Å². The fourth-order valence-corrected chi connectivity index (χ4v) is 2.36. The van der Waals surface area contributed by atoms with Crippen LogP contribution in [0, 0.1) is 0 Å². The molecule has 128 valence electrons. The SMILES string of the molecule is O=C(CNc1ncnc2nc[nH]c12)N[C@@H](Cc1ccccc1)C(=O)O. The van der Waals surface area contributed by atoms with Gasteiger partial charge in [0, 0.05) is 6.42 Å². The normalized spacial score (nSPS) is 11.8. The molecule has 0 saturated carbocycles. The number of carboxylic acids is 1. The highest BCUT2D eigenvalue weighted by atomic mass is 16.4. The number of hydrogen-bond acceptors (Lipinski definition) is 6. The second kappa shape index (κ2) is 7.39. The number of carbonyl (C=O) groups excluding carboxylic acids is 1. The van der Waals surface area contributed by atoms with Crippen LogP contribution in [0.3, 0.4) is 0 Å². The highest BCUT2D eigenvalue weighted by Crippen LogP contribution is 2.13. The fraction of sp³-hybridized carbons (Fsp3) is 0.188. The summed E-state index contributed by atoms with van der Waals surface area (Å²) in [7, 11) is 0. The molecule has 25 heavy (non-hydrogen) atoms. The molecule has 3 rings (SSSR count).